The summed E-state index contributed by atoms with van der Waals surface area (Å²) in [5, 5.41) is 0. The first-order chi connectivity index (χ1) is 10.3. The van der Waals surface area contributed by atoms with Crippen molar-refractivity contribution < 1.29 is 4.39 Å². The number of pyridine rings is 1. The quantitative estimate of drug-likeness (QED) is 0.687. The van der Waals surface area contributed by atoms with Crippen molar-refractivity contribution >= 4 is 0 Å². The molecule has 0 unspecified atom stereocenters. The van der Waals surface area contributed by atoms with E-state index in [0.717, 1.165) is 11.3 Å². The van der Waals surface area contributed by atoms with Gasteiger partial charge in [0.15, 0.2) is 0 Å². The van der Waals surface area contributed by atoms with Crippen LogP contribution < -0.4 is 0 Å². The fourth-order valence-corrected chi connectivity index (χ4v) is 3.40. The fourth-order valence-electron chi connectivity index (χ4n) is 3.40. The normalized spacial score (nSPS) is 17.2. The molecule has 21 heavy (non-hydrogen) atoms. The molecule has 2 heteroatoms. The van der Waals surface area contributed by atoms with Gasteiger partial charge in [0.25, 0.3) is 0 Å². The van der Waals surface area contributed by atoms with Gasteiger partial charge < -0.3 is 0 Å². The SMILES string of the molecule is Fc1ccc(C2CCCCCCC2)c(-c2ccccn2)c1. The van der Waals surface area contributed by atoms with Gasteiger partial charge in [-0.05, 0) is 48.6 Å². The lowest BCUT2D eigenvalue weighted by Crippen LogP contribution is -2.05. The van der Waals surface area contributed by atoms with Crippen LogP contribution in [-0.4, -0.2) is 4.98 Å². The molecule has 0 saturated heterocycles. The Morgan fingerprint density at radius 3 is 2.38 bits per heavy atom. The van der Waals surface area contributed by atoms with Gasteiger partial charge in [0.1, 0.15) is 5.82 Å². The van der Waals surface area contributed by atoms with Gasteiger partial charge in [-0.15, -0.1) is 0 Å². The number of halogens is 1. The van der Waals surface area contributed by atoms with E-state index in [-0.39, 0.29) is 5.82 Å². The predicted octanol–water partition coefficient (Wildman–Crippen LogP) is 5.72. The van der Waals surface area contributed by atoms with Gasteiger partial charge in [0.05, 0.1) is 5.69 Å². The molecule has 1 aliphatic rings. The summed E-state index contributed by atoms with van der Waals surface area (Å²) < 4.78 is 13.7. The summed E-state index contributed by atoms with van der Waals surface area (Å²) in [6.45, 7) is 0. The third kappa shape index (κ3) is 3.49. The summed E-state index contributed by atoms with van der Waals surface area (Å²) in [6.07, 6.45) is 10.8. The monoisotopic (exact) mass is 283 g/mol. The van der Waals surface area contributed by atoms with Crippen molar-refractivity contribution in [3.8, 4) is 11.3 Å². The predicted molar refractivity (Wildman–Crippen MR) is 84.7 cm³/mol. The highest BCUT2D eigenvalue weighted by Crippen LogP contribution is 2.36. The van der Waals surface area contributed by atoms with Crippen LogP contribution in [0.3, 0.4) is 0 Å². The Kier molecular flexibility index (Phi) is 4.64. The maximum Gasteiger partial charge on any atom is 0.123 e. The molecule has 0 radical (unpaired) electrons. The maximum atomic E-state index is 13.7. The lowest BCUT2D eigenvalue weighted by atomic mass is 9.83. The Bertz CT molecular complexity index is 571. The molecule has 3 rings (SSSR count). The van der Waals surface area contributed by atoms with Crippen LogP contribution in [0.5, 0.6) is 0 Å². The van der Waals surface area contributed by atoms with E-state index < -0.39 is 0 Å². The molecule has 0 aliphatic heterocycles. The zero-order chi connectivity index (χ0) is 14.5. The van der Waals surface area contributed by atoms with Crippen molar-refractivity contribution in [1.29, 1.82) is 0 Å². The Morgan fingerprint density at radius 1 is 0.905 bits per heavy atom. The fraction of sp³-hybridized carbons (Fsp3) is 0.421. The molecule has 1 fully saturated rings. The topological polar surface area (TPSA) is 12.9 Å². The van der Waals surface area contributed by atoms with E-state index in [1.165, 1.54) is 50.5 Å². The van der Waals surface area contributed by atoms with E-state index in [9.17, 15) is 4.39 Å². The van der Waals surface area contributed by atoms with Gasteiger partial charge in [-0.3, -0.25) is 4.98 Å². The number of hydrogen-bond donors (Lipinski definition) is 0. The summed E-state index contributed by atoms with van der Waals surface area (Å²) in [6, 6.07) is 11.1. The minimum absolute atomic E-state index is 0.176. The second kappa shape index (κ2) is 6.84. The van der Waals surface area contributed by atoms with Gasteiger partial charge in [0.2, 0.25) is 0 Å². The second-order valence-electron chi connectivity index (χ2n) is 5.99. The van der Waals surface area contributed by atoms with Crippen LogP contribution >= 0.6 is 0 Å². The highest BCUT2D eigenvalue weighted by molar-refractivity contribution is 5.64. The minimum Gasteiger partial charge on any atom is -0.256 e. The molecule has 0 bridgehead atoms. The van der Waals surface area contributed by atoms with Gasteiger partial charge >= 0.3 is 0 Å². The lowest BCUT2D eigenvalue weighted by molar-refractivity contribution is 0.455. The highest BCUT2D eigenvalue weighted by atomic mass is 19.1. The summed E-state index contributed by atoms with van der Waals surface area (Å²) >= 11 is 0. The molecule has 1 saturated carbocycles. The molecule has 1 aromatic carbocycles. The summed E-state index contributed by atoms with van der Waals surface area (Å²) in [5.41, 5.74) is 3.13. The van der Waals surface area contributed by atoms with Gasteiger partial charge in [-0.1, -0.05) is 44.2 Å². The van der Waals surface area contributed by atoms with E-state index >= 15 is 0 Å². The van der Waals surface area contributed by atoms with Crippen LogP contribution in [0, 0.1) is 5.82 Å². The van der Waals surface area contributed by atoms with Crippen LogP contribution in [0.2, 0.25) is 0 Å². The zero-order valence-electron chi connectivity index (χ0n) is 12.4. The van der Waals surface area contributed by atoms with Crippen molar-refractivity contribution in [3.63, 3.8) is 0 Å². The Balaban J connectivity index is 1.97. The van der Waals surface area contributed by atoms with E-state index in [1.807, 2.05) is 24.3 Å². The Hall–Kier alpha value is -1.70. The Labute approximate surface area is 126 Å². The van der Waals surface area contributed by atoms with E-state index in [4.69, 9.17) is 0 Å². The number of hydrogen-bond acceptors (Lipinski definition) is 1. The molecule has 0 atom stereocenters. The molecule has 0 spiro atoms. The largest absolute Gasteiger partial charge is 0.256 e. The molecule has 110 valence electrons. The van der Waals surface area contributed by atoms with E-state index in [0.29, 0.717) is 5.92 Å². The summed E-state index contributed by atoms with van der Waals surface area (Å²) in [4.78, 5) is 4.42. The first-order valence-electron chi connectivity index (χ1n) is 8.05. The van der Waals surface area contributed by atoms with Crippen molar-refractivity contribution in [1.82, 2.24) is 4.98 Å². The molecular formula is C19H22FN. The average Bonchev–Trinajstić information content (AvgIpc) is 2.48. The molecule has 1 heterocycles. The highest BCUT2D eigenvalue weighted by Gasteiger charge is 2.18. The average molecular weight is 283 g/mol. The molecule has 1 aliphatic carbocycles. The molecule has 0 amide bonds. The molecular weight excluding hydrogens is 261 g/mol. The van der Waals surface area contributed by atoms with Crippen LogP contribution in [0.15, 0.2) is 42.6 Å². The smallest absolute Gasteiger partial charge is 0.123 e. The van der Waals surface area contributed by atoms with Crippen molar-refractivity contribution in [2.75, 3.05) is 0 Å². The van der Waals surface area contributed by atoms with Crippen LogP contribution in [0.25, 0.3) is 11.3 Å². The molecule has 2 aromatic rings. The first-order valence-corrected chi connectivity index (χ1v) is 8.05. The van der Waals surface area contributed by atoms with Crippen molar-refractivity contribution in [2.24, 2.45) is 0 Å². The molecule has 1 aromatic heterocycles. The van der Waals surface area contributed by atoms with Crippen LogP contribution in [0.1, 0.15) is 56.4 Å². The second-order valence-corrected chi connectivity index (χ2v) is 5.99. The zero-order valence-corrected chi connectivity index (χ0v) is 12.4. The number of rotatable bonds is 2. The van der Waals surface area contributed by atoms with E-state index in [2.05, 4.69) is 4.98 Å². The molecule has 1 nitrogen and oxygen atoms in total. The minimum atomic E-state index is -0.176. The number of aromatic nitrogens is 1. The maximum absolute atomic E-state index is 13.7. The molecule has 0 N–H and O–H groups in total. The number of benzene rings is 1. The van der Waals surface area contributed by atoms with Crippen molar-refractivity contribution in [2.45, 2.75) is 50.9 Å². The van der Waals surface area contributed by atoms with Gasteiger partial charge in [0, 0.05) is 11.8 Å². The Morgan fingerprint density at radius 2 is 1.67 bits per heavy atom. The first kappa shape index (κ1) is 14.2. The summed E-state index contributed by atoms with van der Waals surface area (Å²) in [5.74, 6) is 0.369. The van der Waals surface area contributed by atoms with E-state index in [1.54, 1.807) is 18.3 Å². The third-order valence-electron chi connectivity index (χ3n) is 4.50. The van der Waals surface area contributed by atoms with Crippen LogP contribution in [-0.2, 0) is 0 Å². The number of nitrogens with zero attached hydrogens (tertiary/aromatic N) is 1. The standard InChI is InChI=1S/C19H22FN/c20-16-11-12-17(15-8-4-2-1-3-5-9-15)18(14-16)19-10-6-7-13-21-19/h6-7,10-15H,1-5,8-9H2. The van der Waals surface area contributed by atoms with Gasteiger partial charge in [-0.2, -0.15) is 0 Å². The van der Waals surface area contributed by atoms with Gasteiger partial charge in [-0.25, -0.2) is 4.39 Å². The third-order valence-corrected chi connectivity index (χ3v) is 4.50. The van der Waals surface area contributed by atoms with Crippen LogP contribution in [0.4, 0.5) is 4.39 Å². The summed E-state index contributed by atoms with van der Waals surface area (Å²) in [7, 11) is 0. The lowest BCUT2D eigenvalue weighted by Gasteiger charge is -2.22. The van der Waals surface area contributed by atoms with Crippen molar-refractivity contribution in [3.05, 3.63) is 54.0 Å².